The summed E-state index contributed by atoms with van der Waals surface area (Å²) >= 11 is 0. The van der Waals surface area contributed by atoms with Gasteiger partial charge in [0.05, 0.1) is 18.5 Å². The number of hydrogen-bond donors (Lipinski definition) is 1. The Morgan fingerprint density at radius 2 is 1.95 bits per heavy atom. The molecule has 0 aliphatic carbocycles. The van der Waals surface area contributed by atoms with Crippen molar-refractivity contribution in [2.24, 2.45) is 7.05 Å². The molecule has 0 atom stereocenters. The van der Waals surface area contributed by atoms with Gasteiger partial charge in [-0.05, 0) is 24.1 Å². The van der Waals surface area contributed by atoms with Crippen LogP contribution in [0.4, 0.5) is 11.5 Å². The van der Waals surface area contributed by atoms with Crippen LogP contribution < -0.4 is 15.4 Å². The predicted molar refractivity (Wildman–Crippen MR) is 82.1 cm³/mol. The van der Waals surface area contributed by atoms with Crippen LogP contribution in [0.2, 0.25) is 0 Å². The second-order valence-corrected chi connectivity index (χ2v) is 4.87. The topological polar surface area (TPSA) is 56.3 Å². The van der Waals surface area contributed by atoms with Crippen LogP contribution in [0.15, 0.2) is 24.3 Å². The number of hydrogen-bond acceptors (Lipinski definition) is 4. The Morgan fingerprint density at radius 1 is 1.30 bits per heavy atom. The fraction of sp³-hybridized carbons (Fsp3) is 0.400. The minimum absolute atomic E-state index is 0.769. The summed E-state index contributed by atoms with van der Waals surface area (Å²) in [6.07, 6.45) is 0.843. The molecule has 0 unspecified atom stereocenters. The quantitative estimate of drug-likeness (QED) is 0.908. The van der Waals surface area contributed by atoms with Crippen molar-refractivity contribution < 1.29 is 4.74 Å². The zero-order chi connectivity index (χ0) is 14.7. The van der Waals surface area contributed by atoms with E-state index in [1.165, 1.54) is 5.56 Å². The van der Waals surface area contributed by atoms with Crippen molar-refractivity contribution in [3.63, 3.8) is 0 Å². The van der Waals surface area contributed by atoms with Gasteiger partial charge in [-0.15, -0.1) is 0 Å². The van der Waals surface area contributed by atoms with Crippen LogP contribution in [0.25, 0.3) is 0 Å². The van der Waals surface area contributed by atoms with Gasteiger partial charge in [-0.25, -0.2) is 0 Å². The Labute approximate surface area is 119 Å². The third-order valence-electron chi connectivity index (χ3n) is 3.40. The summed E-state index contributed by atoms with van der Waals surface area (Å²) in [5.41, 5.74) is 9.09. The molecule has 5 heteroatoms. The summed E-state index contributed by atoms with van der Waals surface area (Å²) in [5.74, 6) is 1.82. The minimum Gasteiger partial charge on any atom is -0.497 e. The highest BCUT2D eigenvalue weighted by Gasteiger charge is 2.15. The van der Waals surface area contributed by atoms with E-state index in [-0.39, 0.29) is 0 Å². The lowest BCUT2D eigenvalue weighted by Gasteiger charge is -2.20. The largest absolute Gasteiger partial charge is 0.497 e. The number of anilines is 2. The van der Waals surface area contributed by atoms with Crippen molar-refractivity contribution >= 4 is 11.5 Å². The zero-order valence-corrected chi connectivity index (χ0v) is 12.6. The zero-order valence-electron chi connectivity index (χ0n) is 12.6. The van der Waals surface area contributed by atoms with Crippen LogP contribution in [-0.2, 0) is 20.0 Å². The number of nitrogens with two attached hydrogens (primary N) is 1. The van der Waals surface area contributed by atoms with Crippen LogP contribution in [0.1, 0.15) is 18.2 Å². The van der Waals surface area contributed by atoms with Gasteiger partial charge in [0.15, 0.2) is 0 Å². The monoisotopic (exact) mass is 274 g/mol. The summed E-state index contributed by atoms with van der Waals surface area (Å²) in [6, 6.07) is 8.05. The van der Waals surface area contributed by atoms with Gasteiger partial charge < -0.3 is 15.4 Å². The molecule has 1 heterocycles. The van der Waals surface area contributed by atoms with E-state index in [4.69, 9.17) is 10.5 Å². The Morgan fingerprint density at radius 3 is 2.45 bits per heavy atom. The highest BCUT2D eigenvalue weighted by atomic mass is 16.5. The molecule has 0 radical (unpaired) electrons. The molecule has 5 nitrogen and oxygen atoms in total. The molecular formula is C15H22N4O. The van der Waals surface area contributed by atoms with Gasteiger partial charge in [0.25, 0.3) is 0 Å². The van der Waals surface area contributed by atoms with E-state index >= 15 is 0 Å². The smallest absolute Gasteiger partial charge is 0.150 e. The molecule has 1 aromatic heterocycles. The van der Waals surface area contributed by atoms with Gasteiger partial charge >= 0.3 is 0 Å². The number of methoxy groups -OCH3 is 1. The molecule has 0 aliphatic heterocycles. The first kappa shape index (κ1) is 14.2. The molecule has 2 rings (SSSR count). The van der Waals surface area contributed by atoms with E-state index in [1.807, 2.05) is 30.9 Å². The predicted octanol–water partition coefficient (Wildman–Crippen LogP) is 2.21. The highest BCUT2D eigenvalue weighted by Crippen LogP contribution is 2.26. The molecule has 20 heavy (non-hydrogen) atoms. The van der Waals surface area contributed by atoms with Crippen LogP contribution in [0.5, 0.6) is 5.75 Å². The summed E-state index contributed by atoms with van der Waals surface area (Å²) in [6.45, 7) is 2.84. The number of ether oxygens (including phenoxy) is 1. The number of aryl methyl sites for hydroxylation is 2. The summed E-state index contributed by atoms with van der Waals surface area (Å²) < 4.78 is 7.01. The van der Waals surface area contributed by atoms with Gasteiger partial charge in [-0.2, -0.15) is 5.10 Å². The number of nitrogen functional groups attached to an aromatic ring is 1. The molecule has 0 fully saturated rings. The lowest BCUT2D eigenvalue weighted by atomic mass is 10.2. The molecular weight excluding hydrogens is 252 g/mol. The molecule has 1 aromatic carbocycles. The van der Waals surface area contributed by atoms with Crippen LogP contribution in [0, 0.1) is 0 Å². The van der Waals surface area contributed by atoms with E-state index in [2.05, 4.69) is 29.1 Å². The van der Waals surface area contributed by atoms with E-state index in [1.54, 1.807) is 7.11 Å². The minimum atomic E-state index is 0.769. The van der Waals surface area contributed by atoms with E-state index in [0.29, 0.717) is 0 Å². The lowest BCUT2D eigenvalue weighted by molar-refractivity contribution is 0.414. The average molecular weight is 274 g/mol. The molecule has 2 N–H and O–H groups in total. The normalized spacial score (nSPS) is 10.6. The second-order valence-electron chi connectivity index (χ2n) is 4.87. The Bertz CT molecular complexity index is 574. The fourth-order valence-corrected chi connectivity index (χ4v) is 2.38. The highest BCUT2D eigenvalue weighted by molar-refractivity contribution is 5.66. The first-order valence-corrected chi connectivity index (χ1v) is 6.72. The maximum absolute atomic E-state index is 6.17. The first-order chi connectivity index (χ1) is 9.56. The van der Waals surface area contributed by atoms with Crippen molar-refractivity contribution in [1.82, 2.24) is 9.78 Å². The molecule has 0 spiro atoms. The molecule has 0 bridgehead atoms. The third-order valence-corrected chi connectivity index (χ3v) is 3.40. The molecule has 0 saturated carbocycles. The van der Waals surface area contributed by atoms with Gasteiger partial charge in [0.2, 0.25) is 0 Å². The number of benzene rings is 1. The van der Waals surface area contributed by atoms with Crippen molar-refractivity contribution in [2.45, 2.75) is 19.9 Å². The van der Waals surface area contributed by atoms with Crippen LogP contribution in [-0.4, -0.2) is 23.9 Å². The standard InChI is InChI=1S/C15H22N4O/c1-5-13-14(16)15(19(3)17-13)18(2)10-11-6-8-12(20-4)9-7-11/h6-9H,5,10,16H2,1-4H3. The first-order valence-electron chi connectivity index (χ1n) is 6.72. The summed E-state index contributed by atoms with van der Waals surface area (Å²) in [5, 5.41) is 4.45. The Kier molecular flexibility index (Phi) is 4.17. The van der Waals surface area contributed by atoms with Crippen molar-refractivity contribution in [1.29, 1.82) is 0 Å². The van der Waals surface area contributed by atoms with Gasteiger partial charge in [0, 0.05) is 20.6 Å². The number of nitrogens with zero attached hydrogens (tertiary/aromatic N) is 3. The second kappa shape index (κ2) is 5.86. The van der Waals surface area contributed by atoms with Crippen molar-refractivity contribution in [3.8, 4) is 5.75 Å². The number of aromatic nitrogens is 2. The van der Waals surface area contributed by atoms with Gasteiger partial charge in [-0.1, -0.05) is 19.1 Å². The van der Waals surface area contributed by atoms with E-state index < -0.39 is 0 Å². The van der Waals surface area contributed by atoms with E-state index in [9.17, 15) is 0 Å². The Hall–Kier alpha value is -2.17. The number of rotatable bonds is 5. The third kappa shape index (κ3) is 2.71. The van der Waals surface area contributed by atoms with E-state index in [0.717, 1.165) is 35.9 Å². The molecule has 2 aromatic rings. The lowest BCUT2D eigenvalue weighted by Crippen LogP contribution is -2.20. The van der Waals surface area contributed by atoms with Crippen molar-refractivity contribution in [2.75, 3.05) is 24.8 Å². The van der Waals surface area contributed by atoms with Crippen LogP contribution >= 0.6 is 0 Å². The molecule has 0 aliphatic rings. The molecule has 0 saturated heterocycles. The SMILES string of the molecule is CCc1nn(C)c(N(C)Cc2ccc(OC)cc2)c1N. The summed E-state index contributed by atoms with van der Waals surface area (Å²) in [4.78, 5) is 2.11. The maximum atomic E-state index is 6.17. The summed E-state index contributed by atoms with van der Waals surface area (Å²) in [7, 11) is 5.62. The van der Waals surface area contributed by atoms with Crippen LogP contribution in [0.3, 0.4) is 0 Å². The molecule has 108 valence electrons. The molecule has 0 amide bonds. The van der Waals surface area contributed by atoms with Crippen molar-refractivity contribution in [3.05, 3.63) is 35.5 Å². The van der Waals surface area contributed by atoms with Gasteiger partial charge in [-0.3, -0.25) is 4.68 Å². The Balaban J connectivity index is 2.19. The average Bonchev–Trinajstić information content (AvgIpc) is 2.74. The van der Waals surface area contributed by atoms with Gasteiger partial charge in [0.1, 0.15) is 11.6 Å². The fourth-order valence-electron chi connectivity index (χ4n) is 2.38. The maximum Gasteiger partial charge on any atom is 0.150 e.